The molecule has 0 saturated carbocycles. The van der Waals surface area contributed by atoms with Gasteiger partial charge in [-0.15, -0.1) is 0 Å². The van der Waals surface area contributed by atoms with E-state index in [0.29, 0.717) is 28.3 Å². The van der Waals surface area contributed by atoms with Crippen LogP contribution in [0.25, 0.3) is 10.8 Å². The minimum Gasteiger partial charge on any atom is -0.480 e. The van der Waals surface area contributed by atoms with Crippen molar-refractivity contribution in [2.45, 2.75) is 17.7 Å². The van der Waals surface area contributed by atoms with Crippen LogP contribution in [0.4, 0.5) is 5.69 Å². The summed E-state index contributed by atoms with van der Waals surface area (Å²) in [5, 5.41) is 13.2. The molecule has 0 spiro atoms. The number of carbonyl (C=O) groups is 3. The Hall–Kier alpha value is -3.92. The SMILES string of the molecule is CNC(=O)c1ccc(CCC(=O)c2cccc3c(N(CC(=O)O)S(=O)(=O)c4cc(Cl)cc(Cl)c4)cccc23)cc1. The molecular weight excluding hydrogens is 575 g/mol. The molecule has 0 heterocycles. The molecule has 0 unspecified atom stereocenters. The molecule has 0 fully saturated rings. The van der Waals surface area contributed by atoms with Gasteiger partial charge in [0.1, 0.15) is 6.54 Å². The Balaban J connectivity index is 1.70. The summed E-state index contributed by atoms with van der Waals surface area (Å²) in [4.78, 5) is 36.5. The lowest BCUT2D eigenvalue weighted by molar-refractivity contribution is -0.135. The van der Waals surface area contributed by atoms with Crippen LogP contribution in [-0.2, 0) is 21.2 Å². The molecule has 0 aromatic heterocycles. The normalized spacial score (nSPS) is 11.3. The summed E-state index contributed by atoms with van der Waals surface area (Å²) < 4.78 is 28.0. The molecule has 40 heavy (non-hydrogen) atoms. The molecule has 0 atom stereocenters. The van der Waals surface area contributed by atoms with Gasteiger partial charge in [-0.3, -0.25) is 18.7 Å². The Morgan fingerprint density at radius 1 is 0.875 bits per heavy atom. The van der Waals surface area contributed by atoms with Gasteiger partial charge in [-0.25, -0.2) is 8.42 Å². The van der Waals surface area contributed by atoms with Gasteiger partial charge in [-0.2, -0.15) is 0 Å². The van der Waals surface area contributed by atoms with Gasteiger partial charge >= 0.3 is 5.97 Å². The number of hydrogen-bond acceptors (Lipinski definition) is 5. The van der Waals surface area contributed by atoms with E-state index in [0.717, 1.165) is 9.87 Å². The van der Waals surface area contributed by atoms with Crippen LogP contribution in [0.3, 0.4) is 0 Å². The molecule has 1 amide bonds. The van der Waals surface area contributed by atoms with Crippen LogP contribution in [-0.4, -0.2) is 44.8 Å². The van der Waals surface area contributed by atoms with Crippen molar-refractivity contribution in [3.8, 4) is 0 Å². The van der Waals surface area contributed by atoms with Gasteiger partial charge in [-0.1, -0.05) is 65.7 Å². The predicted molar refractivity (Wildman–Crippen MR) is 155 cm³/mol. The van der Waals surface area contributed by atoms with Crippen molar-refractivity contribution in [2.24, 2.45) is 0 Å². The molecule has 0 bridgehead atoms. The van der Waals surface area contributed by atoms with E-state index < -0.39 is 22.5 Å². The highest BCUT2D eigenvalue weighted by Gasteiger charge is 2.29. The van der Waals surface area contributed by atoms with E-state index >= 15 is 0 Å². The van der Waals surface area contributed by atoms with Crippen LogP contribution in [0.2, 0.25) is 10.0 Å². The number of Topliss-reactive ketones (excluding diaryl/α,β-unsaturated/α-hetero) is 1. The average molecular weight is 599 g/mol. The molecule has 11 heteroatoms. The third-order valence-corrected chi connectivity index (χ3v) is 8.43. The summed E-state index contributed by atoms with van der Waals surface area (Å²) in [6, 6.07) is 20.4. The van der Waals surface area contributed by atoms with E-state index in [2.05, 4.69) is 5.32 Å². The molecule has 0 aliphatic rings. The van der Waals surface area contributed by atoms with Gasteiger partial charge in [0.15, 0.2) is 5.78 Å². The molecule has 0 aliphatic carbocycles. The molecule has 0 radical (unpaired) electrons. The summed E-state index contributed by atoms with van der Waals surface area (Å²) in [6.45, 7) is -0.865. The number of halogens is 2. The van der Waals surface area contributed by atoms with Gasteiger partial charge in [0.05, 0.1) is 10.6 Å². The first kappa shape index (κ1) is 29.1. The Kier molecular flexibility index (Phi) is 8.78. The number of hydrogen-bond donors (Lipinski definition) is 2. The summed E-state index contributed by atoms with van der Waals surface area (Å²) >= 11 is 12.1. The van der Waals surface area contributed by atoms with Crippen LogP contribution in [0.1, 0.15) is 32.7 Å². The zero-order valence-electron chi connectivity index (χ0n) is 21.2. The quantitative estimate of drug-likeness (QED) is 0.229. The molecule has 0 aliphatic heterocycles. The fraction of sp³-hybridized carbons (Fsp3) is 0.138. The largest absolute Gasteiger partial charge is 0.480 e. The number of rotatable bonds is 10. The first-order chi connectivity index (χ1) is 19.0. The van der Waals surface area contributed by atoms with Crippen LogP contribution in [0, 0.1) is 0 Å². The van der Waals surface area contributed by atoms with Crippen LogP contribution >= 0.6 is 23.2 Å². The number of anilines is 1. The Labute approximate surface area is 241 Å². The van der Waals surface area contributed by atoms with E-state index in [1.54, 1.807) is 61.6 Å². The average Bonchev–Trinajstić information content (AvgIpc) is 2.93. The molecule has 8 nitrogen and oxygen atoms in total. The third-order valence-electron chi connectivity index (χ3n) is 6.26. The van der Waals surface area contributed by atoms with Crippen molar-refractivity contribution in [2.75, 3.05) is 17.9 Å². The number of benzene rings is 4. The van der Waals surface area contributed by atoms with Crippen molar-refractivity contribution in [1.82, 2.24) is 5.32 Å². The van der Waals surface area contributed by atoms with E-state index in [-0.39, 0.29) is 38.7 Å². The Morgan fingerprint density at radius 3 is 2.12 bits per heavy atom. The maximum Gasteiger partial charge on any atom is 0.324 e. The van der Waals surface area contributed by atoms with Crippen LogP contribution < -0.4 is 9.62 Å². The number of aryl methyl sites for hydroxylation is 1. The van der Waals surface area contributed by atoms with Crippen molar-refractivity contribution < 1.29 is 27.9 Å². The Bertz CT molecular complexity index is 1700. The highest BCUT2D eigenvalue weighted by atomic mass is 35.5. The van der Waals surface area contributed by atoms with Crippen molar-refractivity contribution in [3.63, 3.8) is 0 Å². The number of nitrogens with one attached hydrogen (secondary N) is 1. The van der Waals surface area contributed by atoms with Gasteiger partial charge in [-0.05, 0) is 53.8 Å². The first-order valence-electron chi connectivity index (χ1n) is 12.1. The van der Waals surface area contributed by atoms with Gasteiger partial charge in [0.2, 0.25) is 0 Å². The number of sulfonamides is 1. The number of nitrogens with zero attached hydrogens (tertiary/aromatic N) is 1. The predicted octanol–water partition coefficient (Wildman–Crippen LogP) is 5.60. The number of carboxylic acids is 1. The van der Waals surface area contributed by atoms with Gasteiger partial charge in [0.25, 0.3) is 15.9 Å². The molecule has 0 saturated heterocycles. The zero-order chi connectivity index (χ0) is 29.0. The summed E-state index contributed by atoms with van der Waals surface area (Å²) in [7, 11) is -2.86. The lowest BCUT2D eigenvalue weighted by Gasteiger charge is -2.25. The standard InChI is InChI=1S/C29H24Cl2N2O6S/c1-32-29(37)19-11-8-18(9-12-19)10-13-27(34)25-6-2-5-24-23(25)4-3-7-26(24)33(17-28(35)36)40(38,39)22-15-20(30)14-21(31)16-22/h2-9,11-12,14-16H,10,13,17H2,1H3,(H,32,37)(H,35,36). The molecule has 4 aromatic carbocycles. The number of fused-ring (bicyclic) bond motifs is 1. The van der Waals surface area contributed by atoms with Crippen LogP contribution in [0.5, 0.6) is 0 Å². The minimum atomic E-state index is -4.41. The number of carbonyl (C=O) groups excluding carboxylic acids is 2. The van der Waals surface area contributed by atoms with E-state index in [4.69, 9.17) is 23.2 Å². The number of ketones is 1. The minimum absolute atomic E-state index is 0.0791. The van der Waals surface area contributed by atoms with Gasteiger partial charge < -0.3 is 10.4 Å². The smallest absolute Gasteiger partial charge is 0.324 e. The molecule has 2 N–H and O–H groups in total. The molecular formula is C29H24Cl2N2O6S. The lowest BCUT2D eigenvalue weighted by Crippen LogP contribution is -2.36. The number of aliphatic carboxylic acids is 1. The summed E-state index contributed by atoms with van der Waals surface area (Å²) in [5.41, 5.74) is 1.86. The zero-order valence-corrected chi connectivity index (χ0v) is 23.6. The highest BCUT2D eigenvalue weighted by Crippen LogP contribution is 2.34. The third kappa shape index (κ3) is 6.28. The summed E-state index contributed by atoms with van der Waals surface area (Å²) in [6.07, 6.45) is 0.596. The molecule has 206 valence electrons. The summed E-state index contributed by atoms with van der Waals surface area (Å²) in [5.74, 6) is -1.75. The van der Waals surface area contributed by atoms with E-state index in [1.807, 2.05) is 0 Å². The van der Waals surface area contributed by atoms with E-state index in [1.165, 1.54) is 24.3 Å². The molecule has 4 rings (SSSR count). The van der Waals surface area contributed by atoms with Crippen molar-refractivity contribution >= 4 is 67.3 Å². The monoisotopic (exact) mass is 598 g/mol. The second kappa shape index (κ2) is 12.1. The number of amides is 1. The Morgan fingerprint density at radius 2 is 1.50 bits per heavy atom. The highest BCUT2D eigenvalue weighted by molar-refractivity contribution is 7.93. The first-order valence-corrected chi connectivity index (χ1v) is 14.3. The molecule has 4 aromatic rings. The fourth-order valence-corrected chi connectivity index (χ4v) is 6.50. The lowest BCUT2D eigenvalue weighted by atomic mass is 9.96. The van der Waals surface area contributed by atoms with Gasteiger partial charge in [0, 0.05) is 40.0 Å². The van der Waals surface area contributed by atoms with E-state index in [9.17, 15) is 27.9 Å². The number of carboxylic acid groups (broad SMARTS) is 1. The maximum atomic E-state index is 13.6. The topological polar surface area (TPSA) is 121 Å². The van der Waals surface area contributed by atoms with Crippen molar-refractivity contribution in [1.29, 1.82) is 0 Å². The second-order valence-electron chi connectivity index (χ2n) is 8.89. The maximum absolute atomic E-state index is 13.6. The van der Waals surface area contributed by atoms with Crippen LogP contribution in [0.15, 0.2) is 83.8 Å². The fourth-order valence-electron chi connectivity index (χ4n) is 4.34. The van der Waals surface area contributed by atoms with Crippen molar-refractivity contribution in [3.05, 3.63) is 106 Å². The second-order valence-corrected chi connectivity index (χ2v) is 11.6.